The first-order valence-electron chi connectivity index (χ1n) is 9.68. The molecular weight excluding hydrogens is 409 g/mol. The van der Waals surface area contributed by atoms with E-state index in [2.05, 4.69) is 10.6 Å². The van der Waals surface area contributed by atoms with E-state index in [1.54, 1.807) is 24.3 Å². The Morgan fingerprint density at radius 1 is 1.10 bits per heavy atom. The summed E-state index contributed by atoms with van der Waals surface area (Å²) in [5.41, 5.74) is 2.23. The minimum atomic E-state index is -0.769. The molecule has 1 heterocycles. The molecule has 9 nitrogen and oxygen atoms in total. The molecule has 168 valence electrons. The van der Waals surface area contributed by atoms with Crippen molar-refractivity contribution in [1.82, 2.24) is 16.1 Å². The number of halogens is 1. The highest BCUT2D eigenvalue weighted by Gasteiger charge is 2.37. The van der Waals surface area contributed by atoms with Crippen LogP contribution in [0.5, 0.6) is 11.5 Å². The van der Waals surface area contributed by atoms with E-state index in [0.717, 1.165) is 0 Å². The maximum absolute atomic E-state index is 12.9. The van der Waals surface area contributed by atoms with Crippen molar-refractivity contribution < 1.29 is 34.1 Å². The molecule has 0 spiro atoms. The zero-order valence-corrected chi connectivity index (χ0v) is 16.8. The van der Waals surface area contributed by atoms with Crippen LogP contribution in [0.15, 0.2) is 48.5 Å². The first kappa shape index (κ1) is 24.2. The summed E-state index contributed by atoms with van der Waals surface area (Å²) in [7, 11) is 0. The third-order valence-electron chi connectivity index (χ3n) is 4.42. The molecule has 0 aromatic heterocycles. The molecule has 0 saturated carbocycles. The van der Waals surface area contributed by atoms with Gasteiger partial charge in [-0.1, -0.05) is 12.1 Å². The SMILES string of the molecule is O=C1N[C@@H](C(=O)NO)C[C@H]1c1cccc(Oc2ccc(F)cc2)c1.OCCNCCO. The summed E-state index contributed by atoms with van der Waals surface area (Å²) in [6, 6.07) is 11.8. The summed E-state index contributed by atoms with van der Waals surface area (Å²) >= 11 is 0. The lowest BCUT2D eigenvalue weighted by Crippen LogP contribution is -2.40. The Morgan fingerprint density at radius 2 is 1.77 bits per heavy atom. The van der Waals surface area contributed by atoms with Crippen molar-refractivity contribution in [2.24, 2.45) is 0 Å². The van der Waals surface area contributed by atoms with Crippen molar-refractivity contribution in [2.75, 3.05) is 26.3 Å². The van der Waals surface area contributed by atoms with Crippen LogP contribution in [0, 0.1) is 5.82 Å². The summed E-state index contributed by atoms with van der Waals surface area (Å²) in [4.78, 5) is 23.5. The minimum Gasteiger partial charge on any atom is -0.457 e. The van der Waals surface area contributed by atoms with Crippen molar-refractivity contribution in [3.63, 3.8) is 0 Å². The Hall–Kier alpha value is -3.05. The highest BCUT2D eigenvalue weighted by Crippen LogP contribution is 2.31. The molecule has 1 aliphatic rings. The van der Waals surface area contributed by atoms with E-state index < -0.39 is 17.9 Å². The maximum atomic E-state index is 12.9. The average Bonchev–Trinajstić information content (AvgIpc) is 3.17. The Labute approximate surface area is 178 Å². The van der Waals surface area contributed by atoms with Gasteiger partial charge in [-0.15, -0.1) is 0 Å². The van der Waals surface area contributed by atoms with Gasteiger partial charge in [0.1, 0.15) is 23.4 Å². The van der Waals surface area contributed by atoms with Gasteiger partial charge in [-0.2, -0.15) is 0 Å². The Kier molecular flexibility index (Phi) is 9.85. The maximum Gasteiger partial charge on any atom is 0.265 e. The summed E-state index contributed by atoms with van der Waals surface area (Å²) in [6.45, 7) is 1.42. The van der Waals surface area contributed by atoms with Crippen molar-refractivity contribution in [3.8, 4) is 11.5 Å². The van der Waals surface area contributed by atoms with Gasteiger partial charge in [0.25, 0.3) is 5.91 Å². The highest BCUT2D eigenvalue weighted by molar-refractivity contribution is 5.94. The van der Waals surface area contributed by atoms with Crippen LogP contribution in [-0.2, 0) is 9.59 Å². The molecule has 0 aliphatic carbocycles. The minimum absolute atomic E-state index is 0.139. The highest BCUT2D eigenvalue weighted by atomic mass is 19.1. The number of rotatable bonds is 8. The van der Waals surface area contributed by atoms with Crippen LogP contribution in [0.1, 0.15) is 17.9 Å². The number of aliphatic hydroxyl groups is 2. The quantitative estimate of drug-likeness (QED) is 0.203. The fraction of sp³-hybridized carbons (Fsp3) is 0.333. The lowest BCUT2D eigenvalue weighted by Gasteiger charge is -2.11. The third kappa shape index (κ3) is 7.61. The number of carbonyl (C=O) groups excluding carboxylic acids is 2. The van der Waals surface area contributed by atoms with Gasteiger partial charge in [0.05, 0.1) is 19.1 Å². The van der Waals surface area contributed by atoms with Crippen molar-refractivity contribution in [3.05, 3.63) is 59.9 Å². The van der Waals surface area contributed by atoms with Crippen molar-refractivity contribution in [1.29, 1.82) is 0 Å². The van der Waals surface area contributed by atoms with Crippen LogP contribution in [0.3, 0.4) is 0 Å². The summed E-state index contributed by atoms with van der Waals surface area (Å²) < 4.78 is 18.6. The molecule has 0 unspecified atom stereocenters. The van der Waals surface area contributed by atoms with E-state index in [1.165, 1.54) is 29.7 Å². The second-order valence-electron chi connectivity index (χ2n) is 6.65. The monoisotopic (exact) mass is 435 g/mol. The Morgan fingerprint density at radius 3 is 2.39 bits per heavy atom. The van der Waals surface area contributed by atoms with Crippen LogP contribution in [0.4, 0.5) is 4.39 Å². The molecule has 2 atom stereocenters. The van der Waals surface area contributed by atoms with E-state index >= 15 is 0 Å². The van der Waals surface area contributed by atoms with Crippen molar-refractivity contribution in [2.45, 2.75) is 18.4 Å². The summed E-state index contributed by atoms with van der Waals surface area (Å²) in [5, 5.41) is 30.3. The number of nitrogens with one attached hydrogen (secondary N) is 3. The number of hydroxylamine groups is 1. The number of hydrogen-bond donors (Lipinski definition) is 6. The third-order valence-corrected chi connectivity index (χ3v) is 4.42. The van der Waals surface area contributed by atoms with Crippen LogP contribution in [0.25, 0.3) is 0 Å². The van der Waals surface area contributed by atoms with Gasteiger partial charge in [0, 0.05) is 13.1 Å². The van der Waals surface area contributed by atoms with Gasteiger partial charge >= 0.3 is 0 Å². The van der Waals surface area contributed by atoms with Crippen LogP contribution < -0.4 is 20.9 Å². The predicted molar refractivity (Wildman–Crippen MR) is 109 cm³/mol. The van der Waals surface area contributed by atoms with E-state index in [0.29, 0.717) is 30.2 Å². The molecule has 1 saturated heterocycles. The van der Waals surface area contributed by atoms with Crippen LogP contribution in [0.2, 0.25) is 0 Å². The zero-order valence-electron chi connectivity index (χ0n) is 16.8. The number of benzene rings is 2. The van der Waals surface area contributed by atoms with Gasteiger partial charge < -0.3 is 25.6 Å². The first-order chi connectivity index (χ1) is 15.0. The Balaban J connectivity index is 0.000000423. The van der Waals surface area contributed by atoms with Crippen LogP contribution >= 0.6 is 0 Å². The van der Waals surface area contributed by atoms with Gasteiger partial charge in [-0.05, 0) is 48.4 Å². The first-order valence-corrected chi connectivity index (χ1v) is 9.68. The summed E-state index contributed by atoms with van der Waals surface area (Å²) in [5.74, 6) is -0.827. The van der Waals surface area contributed by atoms with E-state index in [1.807, 2.05) is 0 Å². The number of carbonyl (C=O) groups is 2. The smallest absolute Gasteiger partial charge is 0.265 e. The molecule has 2 aromatic rings. The molecule has 31 heavy (non-hydrogen) atoms. The molecule has 0 bridgehead atoms. The van der Waals surface area contributed by atoms with Gasteiger partial charge in [-0.25, -0.2) is 9.87 Å². The number of aliphatic hydroxyl groups excluding tert-OH is 2. The van der Waals surface area contributed by atoms with Crippen molar-refractivity contribution >= 4 is 11.8 Å². The number of ether oxygens (including phenoxy) is 1. The molecule has 1 fully saturated rings. The molecule has 6 N–H and O–H groups in total. The zero-order chi connectivity index (χ0) is 22.6. The standard InChI is InChI=1S/C17H15FN2O4.C4H11NO2/c18-11-4-6-12(7-5-11)24-13-3-1-2-10(8-13)14-9-15(17(22)20-23)19-16(14)21;6-3-1-5-2-4-7/h1-8,14-15,23H,9H2,(H,19,21)(H,20,22);5-7H,1-4H2/t14-,15+;/m0./s1. The molecule has 2 aromatic carbocycles. The topological polar surface area (TPSA) is 140 Å². The van der Waals surface area contributed by atoms with Gasteiger partial charge in [0.15, 0.2) is 0 Å². The second-order valence-corrected chi connectivity index (χ2v) is 6.65. The van der Waals surface area contributed by atoms with E-state index in [-0.39, 0.29) is 31.4 Å². The van der Waals surface area contributed by atoms with Gasteiger partial charge in [-0.3, -0.25) is 14.8 Å². The van der Waals surface area contributed by atoms with E-state index in [9.17, 15) is 14.0 Å². The predicted octanol–water partition coefficient (Wildman–Crippen LogP) is 0.656. The Bertz CT molecular complexity index is 845. The fourth-order valence-corrected chi connectivity index (χ4v) is 2.93. The van der Waals surface area contributed by atoms with E-state index in [4.69, 9.17) is 20.2 Å². The average molecular weight is 435 g/mol. The molecule has 1 aliphatic heterocycles. The molecule has 0 radical (unpaired) electrons. The lowest BCUT2D eigenvalue weighted by atomic mass is 9.95. The molecule has 2 amide bonds. The number of hydrogen-bond acceptors (Lipinski definition) is 7. The second kappa shape index (κ2) is 12.6. The normalized spacial score (nSPS) is 17.4. The molecular formula is C21H26FN3O6. The molecule has 3 rings (SSSR count). The van der Waals surface area contributed by atoms with Gasteiger partial charge in [0.2, 0.25) is 5.91 Å². The number of amides is 2. The largest absolute Gasteiger partial charge is 0.457 e. The molecule has 10 heteroatoms. The summed E-state index contributed by atoms with van der Waals surface area (Å²) in [6.07, 6.45) is 0.241. The lowest BCUT2D eigenvalue weighted by molar-refractivity contribution is -0.132. The van der Waals surface area contributed by atoms with Crippen LogP contribution in [-0.4, -0.2) is 59.6 Å². The fourth-order valence-electron chi connectivity index (χ4n) is 2.93.